The van der Waals surface area contributed by atoms with Crippen LogP contribution in [-0.4, -0.2) is 28.5 Å². The monoisotopic (exact) mass is 448 g/mol. The topological polar surface area (TPSA) is 58.1 Å². The zero-order valence-electron chi connectivity index (χ0n) is 17.5. The highest BCUT2D eigenvalue weighted by Gasteiger charge is 2.31. The van der Waals surface area contributed by atoms with Crippen molar-refractivity contribution in [3.63, 3.8) is 0 Å². The lowest BCUT2D eigenvalue weighted by molar-refractivity contribution is -0.137. The minimum Gasteiger partial charge on any atom is -0.353 e. The third-order valence-electron chi connectivity index (χ3n) is 5.61. The number of amides is 1. The van der Waals surface area contributed by atoms with Gasteiger partial charge in [0.2, 0.25) is 0 Å². The zero-order chi connectivity index (χ0) is 22.3. The Labute approximate surface area is 182 Å². The molecule has 1 saturated heterocycles. The predicted molar refractivity (Wildman–Crippen MR) is 117 cm³/mol. The third kappa shape index (κ3) is 4.23. The fourth-order valence-corrected chi connectivity index (χ4v) is 5.14. The molecule has 1 aliphatic heterocycles. The minimum atomic E-state index is -4.47. The van der Waals surface area contributed by atoms with Crippen molar-refractivity contribution in [2.24, 2.45) is 0 Å². The van der Waals surface area contributed by atoms with Gasteiger partial charge >= 0.3 is 6.18 Å². The van der Waals surface area contributed by atoms with E-state index in [2.05, 4.69) is 22.1 Å². The molecule has 3 aromatic rings. The molecule has 0 aliphatic carbocycles. The molecule has 3 heterocycles. The van der Waals surface area contributed by atoms with Gasteiger partial charge in [-0.15, -0.1) is 11.3 Å². The fraction of sp³-hybridized carbons (Fsp3) is 0.409. The highest BCUT2D eigenvalue weighted by atomic mass is 32.1. The summed E-state index contributed by atoms with van der Waals surface area (Å²) in [6.45, 7) is 6.74. The van der Waals surface area contributed by atoms with E-state index in [0.717, 1.165) is 48.3 Å². The lowest BCUT2D eigenvalue weighted by atomic mass is 10.0. The second kappa shape index (κ2) is 8.11. The van der Waals surface area contributed by atoms with Crippen molar-refractivity contribution < 1.29 is 18.0 Å². The van der Waals surface area contributed by atoms with E-state index in [-0.39, 0.29) is 5.69 Å². The fourth-order valence-electron chi connectivity index (χ4n) is 4.02. The number of aromatic nitrogens is 2. The number of rotatable bonds is 3. The molecule has 1 atom stereocenters. The SMILES string of the molecule is Cc1nc(N2CCCC[C@H]2C)c2c(C)c(C(=O)Nc3cccc(C(F)(F)F)c3)sc2n1. The summed E-state index contributed by atoms with van der Waals surface area (Å²) in [4.78, 5) is 25.6. The standard InChI is InChI=1S/C22H23F3N4OS/c1-12-7-4-5-10-29(12)19-17-13(2)18(31-21(17)27-14(3)26-19)20(30)28-16-9-6-8-15(11-16)22(23,24)25/h6,8-9,11-12H,4-5,7,10H2,1-3H3,(H,28,30)/t12-/m1/s1. The molecule has 5 nitrogen and oxygen atoms in total. The van der Waals surface area contributed by atoms with Gasteiger partial charge in [-0.3, -0.25) is 4.79 Å². The highest BCUT2D eigenvalue weighted by Crippen LogP contribution is 2.38. The van der Waals surface area contributed by atoms with Crippen molar-refractivity contribution >= 4 is 39.0 Å². The van der Waals surface area contributed by atoms with Crippen molar-refractivity contribution in [3.05, 3.63) is 46.1 Å². The number of alkyl halides is 3. The minimum absolute atomic E-state index is 0.101. The summed E-state index contributed by atoms with van der Waals surface area (Å²) in [5.41, 5.74) is 0.0438. The number of hydrogen-bond donors (Lipinski definition) is 1. The number of carbonyl (C=O) groups excluding carboxylic acids is 1. The van der Waals surface area contributed by atoms with Crippen molar-refractivity contribution in [2.45, 2.75) is 52.3 Å². The van der Waals surface area contributed by atoms with Gasteiger partial charge < -0.3 is 10.2 Å². The molecular formula is C22H23F3N4OS. The van der Waals surface area contributed by atoms with Crippen LogP contribution in [0, 0.1) is 13.8 Å². The summed E-state index contributed by atoms with van der Waals surface area (Å²) < 4.78 is 39.0. The van der Waals surface area contributed by atoms with E-state index in [9.17, 15) is 18.0 Å². The van der Waals surface area contributed by atoms with Crippen molar-refractivity contribution in [2.75, 3.05) is 16.8 Å². The second-order valence-corrected chi connectivity index (χ2v) is 8.90. The number of fused-ring (bicyclic) bond motifs is 1. The molecule has 164 valence electrons. The van der Waals surface area contributed by atoms with Crippen LogP contribution in [0.15, 0.2) is 24.3 Å². The smallest absolute Gasteiger partial charge is 0.353 e. The van der Waals surface area contributed by atoms with Crippen molar-refractivity contribution in [1.29, 1.82) is 0 Å². The van der Waals surface area contributed by atoms with Gasteiger partial charge in [0, 0.05) is 18.3 Å². The maximum absolute atomic E-state index is 13.0. The lowest BCUT2D eigenvalue weighted by Crippen LogP contribution is -2.38. The average molecular weight is 449 g/mol. The van der Waals surface area contributed by atoms with Crippen molar-refractivity contribution in [3.8, 4) is 0 Å². The highest BCUT2D eigenvalue weighted by molar-refractivity contribution is 7.20. The van der Waals surface area contributed by atoms with Crippen molar-refractivity contribution in [1.82, 2.24) is 9.97 Å². The molecular weight excluding hydrogens is 425 g/mol. The first kappa shape index (κ1) is 21.5. The van der Waals surface area contributed by atoms with Crippen LogP contribution in [0.3, 0.4) is 0 Å². The molecule has 1 aromatic carbocycles. The van der Waals surface area contributed by atoms with Gasteiger partial charge in [0.05, 0.1) is 15.8 Å². The zero-order valence-corrected chi connectivity index (χ0v) is 18.3. The molecule has 1 N–H and O–H groups in total. The van der Waals surface area contributed by atoms with Crippen LogP contribution >= 0.6 is 11.3 Å². The Balaban J connectivity index is 1.71. The third-order valence-corrected chi connectivity index (χ3v) is 6.80. The Morgan fingerprint density at radius 2 is 2.00 bits per heavy atom. The van der Waals surface area contributed by atoms with Crippen LogP contribution in [0.2, 0.25) is 0 Å². The molecule has 0 unspecified atom stereocenters. The number of halogens is 3. The van der Waals surface area contributed by atoms with E-state index in [1.54, 1.807) is 0 Å². The van der Waals surface area contributed by atoms with Gasteiger partial charge in [0.1, 0.15) is 16.5 Å². The maximum Gasteiger partial charge on any atom is 0.416 e. The summed E-state index contributed by atoms with van der Waals surface area (Å²) in [5.74, 6) is 1.02. The summed E-state index contributed by atoms with van der Waals surface area (Å²) >= 11 is 1.24. The number of hydrogen-bond acceptors (Lipinski definition) is 5. The Bertz CT molecular complexity index is 1140. The van der Waals surface area contributed by atoms with E-state index in [0.29, 0.717) is 21.6 Å². The molecule has 1 aliphatic rings. The van der Waals surface area contributed by atoms with E-state index >= 15 is 0 Å². The van der Waals surface area contributed by atoms with Crippen LogP contribution in [-0.2, 0) is 6.18 Å². The Morgan fingerprint density at radius 1 is 1.23 bits per heavy atom. The first-order valence-electron chi connectivity index (χ1n) is 10.2. The van der Waals surface area contributed by atoms with Gasteiger partial charge in [-0.25, -0.2) is 9.97 Å². The first-order valence-corrected chi connectivity index (χ1v) is 11.0. The number of nitrogens with zero attached hydrogens (tertiary/aromatic N) is 3. The predicted octanol–water partition coefficient (Wildman–Crippen LogP) is 5.96. The number of piperidine rings is 1. The van der Waals surface area contributed by atoms with Gasteiger partial charge in [-0.05, 0) is 63.8 Å². The van der Waals surface area contributed by atoms with Crippen LogP contribution in [0.1, 0.15) is 52.8 Å². The molecule has 2 aromatic heterocycles. The number of anilines is 2. The first-order chi connectivity index (χ1) is 14.6. The van der Waals surface area contributed by atoms with E-state index in [4.69, 9.17) is 4.98 Å². The normalized spacial score (nSPS) is 17.2. The Kier molecular flexibility index (Phi) is 5.63. The second-order valence-electron chi connectivity index (χ2n) is 7.90. The molecule has 9 heteroatoms. The van der Waals surface area contributed by atoms with E-state index < -0.39 is 17.6 Å². The molecule has 4 rings (SSSR count). The number of carbonyl (C=O) groups is 1. The number of nitrogens with one attached hydrogen (secondary N) is 1. The Morgan fingerprint density at radius 3 is 2.71 bits per heavy atom. The lowest BCUT2D eigenvalue weighted by Gasteiger charge is -2.35. The molecule has 1 amide bonds. The number of benzene rings is 1. The molecule has 1 fully saturated rings. The molecule has 31 heavy (non-hydrogen) atoms. The van der Waals surface area contributed by atoms with Crippen LogP contribution in [0.25, 0.3) is 10.2 Å². The summed E-state index contributed by atoms with van der Waals surface area (Å²) in [5, 5.41) is 3.45. The van der Waals surface area contributed by atoms with Gasteiger partial charge in [0.25, 0.3) is 5.91 Å². The average Bonchev–Trinajstić information content (AvgIpc) is 3.04. The van der Waals surface area contributed by atoms with Crippen LogP contribution in [0.5, 0.6) is 0 Å². The van der Waals surface area contributed by atoms with Gasteiger partial charge in [-0.2, -0.15) is 13.2 Å². The molecule has 0 radical (unpaired) electrons. The molecule has 0 spiro atoms. The Hall–Kier alpha value is -2.68. The van der Waals surface area contributed by atoms with Crippen LogP contribution in [0.4, 0.5) is 24.7 Å². The summed E-state index contributed by atoms with van der Waals surface area (Å²) in [6, 6.07) is 4.98. The van der Waals surface area contributed by atoms with Crippen LogP contribution < -0.4 is 10.2 Å². The van der Waals surface area contributed by atoms with Gasteiger partial charge in [-0.1, -0.05) is 6.07 Å². The van der Waals surface area contributed by atoms with E-state index in [1.165, 1.54) is 29.9 Å². The maximum atomic E-state index is 13.0. The summed E-state index contributed by atoms with van der Waals surface area (Å²) in [6.07, 6.45) is -1.13. The summed E-state index contributed by atoms with van der Waals surface area (Å²) in [7, 11) is 0. The quantitative estimate of drug-likeness (QED) is 0.537. The molecule has 0 saturated carbocycles. The molecule has 0 bridgehead atoms. The largest absolute Gasteiger partial charge is 0.416 e. The number of thiophene rings is 1. The number of aryl methyl sites for hydroxylation is 2. The van der Waals surface area contributed by atoms with E-state index in [1.807, 2.05) is 13.8 Å². The van der Waals surface area contributed by atoms with Gasteiger partial charge in [0.15, 0.2) is 0 Å².